The van der Waals surface area contributed by atoms with Gasteiger partial charge in [0.05, 0.1) is 18.0 Å². The maximum atomic E-state index is 5.82. The molecule has 7 heteroatoms. The van der Waals surface area contributed by atoms with Crippen molar-refractivity contribution in [2.45, 2.75) is 52.2 Å². The van der Waals surface area contributed by atoms with Gasteiger partial charge in [0.15, 0.2) is 5.96 Å². The number of piperidine rings is 1. The van der Waals surface area contributed by atoms with Gasteiger partial charge in [0.25, 0.3) is 0 Å². The van der Waals surface area contributed by atoms with Crippen molar-refractivity contribution >= 4 is 11.6 Å². The van der Waals surface area contributed by atoms with E-state index in [4.69, 9.17) is 4.74 Å². The topological polar surface area (TPSA) is 66.7 Å². The van der Waals surface area contributed by atoms with Crippen LogP contribution >= 0.6 is 0 Å². The van der Waals surface area contributed by atoms with Gasteiger partial charge in [-0.2, -0.15) is 5.10 Å². The van der Waals surface area contributed by atoms with E-state index in [1.165, 1.54) is 12.1 Å². The highest BCUT2D eigenvalue weighted by Crippen LogP contribution is 2.19. The summed E-state index contributed by atoms with van der Waals surface area (Å²) in [5.41, 5.74) is 1.19. The lowest BCUT2D eigenvalue weighted by Crippen LogP contribution is -2.51. The van der Waals surface area contributed by atoms with Gasteiger partial charge in [0.2, 0.25) is 0 Å². The molecule has 1 aromatic rings. The Labute approximate surface area is 158 Å². The average molecular weight is 365 g/mol. The molecule has 2 heterocycles. The second kappa shape index (κ2) is 10.4. The van der Waals surface area contributed by atoms with Crippen LogP contribution in [0, 0.1) is 5.92 Å². The fourth-order valence-corrected chi connectivity index (χ4v) is 3.45. The minimum Gasteiger partial charge on any atom is -0.378 e. The highest BCUT2D eigenvalue weighted by atomic mass is 16.5. The smallest absolute Gasteiger partial charge is 0.191 e. The summed E-state index contributed by atoms with van der Waals surface area (Å²) in [6, 6.07) is 0.392. The Morgan fingerprint density at radius 1 is 1.46 bits per heavy atom. The van der Waals surface area contributed by atoms with E-state index in [9.17, 15) is 0 Å². The van der Waals surface area contributed by atoms with E-state index >= 15 is 0 Å². The van der Waals surface area contributed by atoms with Crippen LogP contribution in [0.1, 0.15) is 40.0 Å². The Balaban J connectivity index is 1.79. The van der Waals surface area contributed by atoms with Crippen LogP contribution in [0.25, 0.3) is 0 Å². The summed E-state index contributed by atoms with van der Waals surface area (Å²) in [4.78, 5) is 6.78. The number of aryl methyl sites for hydroxylation is 1. The third-order valence-corrected chi connectivity index (χ3v) is 4.89. The molecule has 1 aliphatic rings. The Bertz CT molecular complexity index is 556. The standard InChI is InChI=1S/C19H36N6O/c1-6-26-18(15(2)3)9-10-21-19(20-4)23-16-8-7-11-25(13-16)17-12-22-24(5)14-17/h12,14-16,18H,6-11,13H2,1-5H3,(H2,20,21,23). The first-order chi connectivity index (χ1) is 12.5. The van der Waals surface area contributed by atoms with Crippen LogP contribution in [-0.4, -0.2) is 61.2 Å². The normalized spacial score (nSPS) is 19.7. The zero-order chi connectivity index (χ0) is 18.9. The SMILES string of the molecule is CCOC(CCNC(=NC)NC1CCCN(c2cnn(C)c2)C1)C(C)C. The number of guanidine groups is 1. The predicted molar refractivity (Wildman–Crippen MR) is 108 cm³/mol. The van der Waals surface area contributed by atoms with Gasteiger partial charge in [-0.1, -0.05) is 13.8 Å². The second-order valence-electron chi connectivity index (χ2n) is 7.33. The summed E-state index contributed by atoms with van der Waals surface area (Å²) in [6.45, 7) is 10.2. The fourth-order valence-electron chi connectivity index (χ4n) is 3.45. The molecule has 0 spiro atoms. The molecular formula is C19H36N6O. The molecule has 1 saturated heterocycles. The van der Waals surface area contributed by atoms with Crippen LogP contribution in [0.4, 0.5) is 5.69 Å². The zero-order valence-corrected chi connectivity index (χ0v) is 17.0. The van der Waals surface area contributed by atoms with Crippen molar-refractivity contribution < 1.29 is 4.74 Å². The molecule has 0 saturated carbocycles. The van der Waals surface area contributed by atoms with E-state index in [0.29, 0.717) is 18.1 Å². The quantitative estimate of drug-likeness (QED) is 0.546. The van der Waals surface area contributed by atoms with Gasteiger partial charge >= 0.3 is 0 Å². The first-order valence-corrected chi connectivity index (χ1v) is 9.85. The minimum atomic E-state index is 0.293. The molecule has 2 unspecified atom stereocenters. The van der Waals surface area contributed by atoms with Crippen LogP contribution < -0.4 is 15.5 Å². The molecule has 148 valence electrons. The van der Waals surface area contributed by atoms with Crippen molar-refractivity contribution in [2.24, 2.45) is 18.0 Å². The molecule has 0 aliphatic carbocycles. The minimum absolute atomic E-state index is 0.293. The lowest BCUT2D eigenvalue weighted by atomic mass is 10.0. The van der Waals surface area contributed by atoms with Gasteiger partial charge in [-0.3, -0.25) is 9.67 Å². The molecule has 1 fully saturated rings. The van der Waals surface area contributed by atoms with E-state index in [0.717, 1.165) is 45.0 Å². The van der Waals surface area contributed by atoms with Gasteiger partial charge in [-0.05, 0) is 32.1 Å². The van der Waals surface area contributed by atoms with Crippen LogP contribution in [0.15, 0.2) is 17.4 Å². The highest BCUT2D eigenvalue weighted by molar-refractivity contribution is 5.80. The monoisotopic (exact) mass is 364 g/mol. The molecule has 0 radical (unpaired) electrons. The number of anilines is 1. The van der Waals surface area contributed by atoms with Crippen molar-refractivity contribution in [3.63, 3.8) is 0 Å². The van der Waals surface area contributed by atoms with Gasteiger partial charge < -0.3 is 20.3 Å². The summed E-state index contributed by atoms with van der Waals surface area (Å²) < 4.78 is 7.68. The summed E-state index contributed by atoms with van der Waals surface area (Å²) in [7, 11) is 3.79. The van der Waals surface area contributed by atoms with E-state index in [1.54, 1.807) is 0 Å². The third kappa shape index (κ3) is 6.20. The number of ether oxygens (including phenoxy) is 1. The van der Waals surface area contributed by atoms with Crippen LogP contribution in [0.2, 0.25) is 0 Å². The molecule has 2 N–H and O–H groups in total. The summed E-state index contributed by atoms with van der Waals surface area (Å²) in [5.74, 6) is 1.40. The third-order valence-electron chi connectivity index (χ3n) is 4.89. The summed E-state index contributed by atoms with van der Waals surface area (Å²) in [5, 5.41) is 11.3. The average Bonchev–Trinajstić information content (AvgIpc) is 3.06. The van der Waals surface area contributed by atoms with Gasteiger partial charge in [0, 0.05) is 52.6 Å². The van der Waals surface area contributed by atoms with Crippen LogP contribution in [0.5, 0.6) is 0 Å². The predicted octanol–water partition coefficient (Wildman–Crippen LogP) is 2.01. The van der Waals surface area contributed by atoms with Crippen molar-refractivity contribution in [2.75, 3.05) is 38.2 Å². The first-order valence-electron chi connectivity index (χ1n) is 9.85. The number of hydrogen-bond acceptors (Lipinski definition) is 4. The van der Waals surface area contributed by atoms with Crippen molar-refractivity contribution in [3.05, 3.63) is 12.4 Å². The van der Waals surface area contributed by atoms with Gasteiger partial charge in [-0.25, -0.2) is 0 Å². The number of aromatic nitrogens is 2. The van der Waals surface area contributed by atoms with Crippen molar-refractivity contribution in [3.8, 4) is 0 Å². The van der Waals surface area contributed by atoms with Crippen molar-refractivity contribution in [1.82, 2.24) is 20.4 Å². The number of nitrogens with one attached hydrogen (secondary N) is 2. The number of hydrogen-bond donors (Lipinski definition) is 2. The van der Waals surface area contributed by atoms with Crippen LogP contribution in [0.3, 0.4) is 0 Å². The Morgan fingerprint density at radius 2 is 2.27 bits per heavy atom. The molecule has 1 aliphatic heterocycles. The lowest BCUT2D eigenvalue weighted by molar-refractivity contribution is 0.0258. The number of aliphatic imine (C=N–C) groups is 1. The molecule has 0 amide bonds. The largest absolute Gasteiger partial charge is 0.378 e. The van der Waals surface area contributed by atoms with E-state index in [2.05, 4.69) is 52.6 Å². The summed E-state index contributed by atoms with van der Waals surface area (Å²) >= 11 is 0. The molecule has 2 atom stereocenters. The highest BCUT2D eigenvalue weighted by Gasteiger charge is 2.22. The molecule has 7 nitrogen and oxygen atoms in total. The van der Waals surface area contributed by atoms with Crippen molar-refractivity contribution in [1.29, 1.82) is 0 Å². The zero-order valence-electron chi connectivity index (χ0n) is 17.0. The van der Waals surface area contributed by atoms with Gasteiger partial charge in [-0.15, -0.1) is 0 Å². The first kappa shape index (κ1) is 20.6. The molecule has 2 rings (SSSR count). The summed E-state index contributed by atoms with van der Waals surface area (Å²) in [6.07, 6.45) is 7.62. The van der Waals surface area contributed by atoms with Crippen LogP contribution in [-0.2, 0) is 11.8 Å². The van der Waals surface area contributed by atoms with E-state index < -0.39 is 0 Å². The molecule has 0 bridgehead atoms. The molecule has 1 aromatic heterocycles. The number of nitrogens with zero attached hydrogens (tertiary/aromatic N) is 4. The maximum Gasteiger partial charge on any atom is 0.191 e. The molecular weight excluding hydrogens is 328 g/mol. The Morgan fingerprint density at radius 3 is 2.88 bits per heavy atom. The maximum absolute atomic E-state index is 5.82. The number of rotatable bonds is 8. The Hall–Kier alpha value is -1.76. The fraction of sp³-hybridized carbons (Fsp3) is 0.789. The van der Waals surface area contributed by atoms with E-state index in [1.807, 2.05) is 25.0 Å². The lowest BCUT2D eigenvalue weighted by Gasteiger charge is -2.34. The second-order valence-corrected chi connectivity index (χ2v) is 7.33. The molecule has 26 heavy (non-hydrogen) atoms. The van der Waals surface area contributed by atoms with E-state index in [-0.39, 0.29) is 0 Å². The van der Waals surface area contributed by atoms with Gasteiger partial charge in [0.1, 0.15) is 0 Å². The molecule has 0 aromatic carbocycles. The Kier molecular flexibility index (Phi) is 8.22.